The summed E-state index contributed by atoms with van der Waals surface area (Å²) in [5.41, 5.74) is 1.98. The Labute approximate surface area is 142 Å². The zero-order valence-electron chi connectivity index (χ0n) is 13.1. The Hall–Kier alpha value is -3.61. The van der Waals surface area contributed by atoms with Crippen molar-refractivity contribution in [2.24, 2.45) is 0 Å². The summed E-state index contributed by atoms with van der Waals surface area (Å²) in [6, 6.07) is 16.8. The Morgan fingerprint density at radius 1 is 1.04 bits per heavy atom. The smallest absolute Gasteiger partial charge is 0.302 e. The molecule has 4 rings (SSSR count). The van der Waals surface area contributed by atoms with E-state index >= 15 is 0 Å². The van der Waals surface area contributed by atoms with Gasteiger partial charge in [0.05, 0.1) is 5.56 Å². The van der Waals surface area contributed by atoms with Gasteiger partial charge in [0, 0.05) is 6.42 Å². The van der Waals surface area contributed by atoms with E-state index in [1.54, 1.807) is 12.1 Å². The first-order valence-corrected chi connectivity index (χ1v) is 7.68. The maximum atomic E-state index is 12.3. The minimum Gasteiger partial charge on any atom is -0.493 e. The van der Waals surface area contributed by atoms with Gasteiger partial charge in [-0.25, -0.2) is 0 Å². The van der Waals surface area contributed by atoms with Gasteiger partial charge < -0.3 is 9.52 Å². The van der Waals surface area contributed by atoms with E-state index in [4.69, 9.17) is 4.42 Å². The normalized spacial score (nSPS) is 10.9. The number of H-pyrrole nitrogens is 1. The molecule has 7 heteroatoms. The molecule has 0 aliphatic rings. The minimum atomic E-state index is -0.421. The molecule has 0 aliphatic heterocycles. The number of fused-ring (bicyclic) bond motifs is 1. The fraction of sp³-hybridized carbons (Fsp3) is 0.0556. The van der Waals surface area contributed by atoms with Crippen LogP contribution < -0.4 is 10.9 Å². The Morgan fingerprint density at radius 3 is 2.56 bits per heavy atom. The summed E-state index contributed by atoms with van der Waals surface area (Å²) in [7, 11) is 0. The van der Waals surface area contributed by atoms with E-state index in [1.807, 2.05) is 42.5 Å². The molecule has 2 aromatic heterocycles. The van der Waals surface area contributed by atoms with Crippen molar-refractivity contribution in [1.29, 1.82) is 0 Å². The van der Waals surface area contributed by atoms with E-state index in [9.17, 15) is 9.90 Å². The van der Waals surface area contributed by atoms with Crippen LogP contribution in [0.4, 0.5) is 12.0 Å². The highest BCUT2D eigenvalue weighted by atomic mass is 16.4. The van der Waals surface area contributed by atoms with Crippen LogP contribution in [0.1, 0.15) is 11.1 Å². The van der Waals surface area contributed by atoms with Crippen molar-refractivity contribution in [2.75, 3.05) is 5.32 Å². The second-order valence-electron chi connectivity index (χ2n) is 5.49. The fourth-order valence-corrected chi connectivity index (χ4v) is 2.53. The number of rotatable bonds is 4. The Balaban J connectivity index is 1.62. The number of benzene rings is 2. The van der Waals surface area contributed by atoms with Crippen molar-refractivity contribution in [1.82, 2.24) is 15.0 Å². The Morgan fingerprint density at radius 2 is 1.80 bits per heavy atom. The van der Waals surface area contributed by atoms with E-state index in [0.29, 0.717) is 11.1 Å². The molecule has 0 unspecified atom stereocenters. The number of aromatic hydroxyl groups is 1. The highest BCUT2D eigenvalue weighted by Gasteiger charge is 2.13. The predicted octanol–water partition coefficient (Wildman–Crippen LogP) is 2.95. The molecule has 7 nitrogen and oxygen atoms in total. The van der Waals surface area contributed by atoms with Crippen LogP contribution in [-0.4, -0.2) is 20.1 Å². The van der Waals surface area contributed by atoms with Crippen molar-refractivity contribution in [3.8, 4) is 5.88 Å². The number of aromatic nitrogens is 3. The average Bonchev–Trinajstić information content (AvgIpc) is 3.01. The van der Waals surface area contributed by atoms with Gasteiger partial charge in [0.2, 0.25) is 11.8 Å². The number of oxazole rings is 1. The zero-order chi connectivity index (χ0) is 17.2. The Kier molecular flexibility index (Phi) is 3.66. The summed E-state index contributed by atoms with van der Waals surface area (Å²) in [5, 5.41) is 12.9. The van der Waals surface area contributed by atoms with Crippen LogP contribution >= 0.6 is 0 Å². The van der Waals surface area contributed by atoms with Crippen LogP contribution in [0, 0.1) is 0 Å². The molecule has 0 fully saturated rings. The van der Waals surface area contributed by atoms with Crippen molar-refractivity contribution < 1.29 is 9.52 Å². The van der Waals surface area contributed by atoms with Crippen molar-refractivity contribution in [3.63, 3.8) is 0 Å². The van der Waals surface area contributed by atoms with Crippen molar-refractivity contribution in [2.45, 2.75) is 6.42 Å². The molecule has 124 valence electrons. The summed E-state index contributed by atoms with van der Waals surface area (Å²) in [6.07, 6.45) is 0.290. The SMILES string of the molecule is O=c1[nH]c(Nc2nc3ccccc3o2)nc(O)c1Cc1ccccc1. The first-order valence-electron chi connectivity index (χ1n) is 7.68. The first-order chi connectivity index (χ1) is 12.2. The molecular formula is C18H14N4O3. The van der Waals surface area contributed by atoms with Gasteiger partial charge in [-0.2, -0.15) is 9.97 Å². The van der Waals surface area contributed by atoms with Crippen LogP contribution in [0.25, 0.3) is 11.1 Å². The third-order valence-corrected chi connectivity index (χ3v) is 3.74. The zero-order valence-corrected chi connectivity index (χ0v) is 13.1. The molecule has 3 N–H and O–H groups in total. The van der Waals surface area contributed by atoms with Gasteiger partial charge in [-0.15, -0.1) is 0 Å². The summed E-state index contributed by atoms with van der Waals surface area (Å²) in [6.45, 7) is 0. The van der Waals surface area contributed by atoms with Gasteiger partial charge >= 0.3 is 6.01 Å². The maximum absolute atomic E-state index is 12.3. The summed E-state index contributed by atoms with van der Waals surface area (Å²) < 4.78 is 5.51. The lowest BCUT2D eigenvalue weighted by atomic mass is 10.1. The second kappa shape index (κ2) is 6.12. The molecule has 25 heavy (non-hydrogen) atoms. The molecule has 0 saturated carbocycles. The van der Waals surface area contributed by atoms with Crippen LogP contribution in [0.15, 0.2) is 63.8 Å². The first kappa shape index (κ1) is 14.9. The van der Waals surface area contributed by atoms with Crippen LogP contribution in [0.5, 0.6) is 5.88 Å². The quantitative estimate of drug-likeness (QED) is 0.530. The van der Waals surface area contributed by atoms with Gasteiger partial charge in [-0.05, 0) is 17.7 Å². The molecule has 0 atom stereocenters. The second-order valence-corrected chi connectivity index (χ2v) is 5.49. The van der Waals surface area contributed by atoms with Gasteiger partial charge in [0.15, 0.2) is 5.58 Å². The number of anilines is 2. The maximum Gasteiger partial charge on any atom is 0.302 e. The third kappa shape index (κ3) is 3.07. The number of nitrogens with zero attached hydrogens (tertiary/aromatic N) is 2. The topological polar surface area (TPSA) is 104 Å². The van der Waals surface area contributed by atoms with Gasteiger partial charge in [-0.1, -0.05) is 42.5 Å². The lowest BCUT2D eigenvalue weighted by Gasteiger charge is -2.06. The van der Waals surface area contributed by atoms with E-state index < -0.39 is 5.56 Å². The molecule has 0 aliphatic carbocycles. The summed E-state index contributed by atoms with van der Waals surface area (Å²) in [4.78, 5) is 23.1. The van der Waals surface area contributed by atoms with E-state index in [1.165, 1.54) is 0 Å². The van der Waals surface area contributed by atoms with E-state index in [2.05, 4.69) is 20.3 Å². The van der Waals surface area contributed by atoms with E-state index in [0.717, 1.165) is 5.56 Å². The van der Waals surface area contributed by atoms with Crippen LogP contribution in [0.2, 0.25) is 0 Å². The Bertz CT molecular complexity index is 1050. The van der Waals surface area contributed by atoms with Gasteiger partial charge in [0.1, 0.15) is 5.52 Å². The van der Waals surface area contributed by atoms with Gasteiger partial charge in [-0.3, -0.25) is 15.1 Å². The number of nitrogens with one attached hydrogen (secondary N) is 2. The molecular weight excluding hydrogens is 320 g/mol. The van der Waals surface area contributed by atoms with Crippen molar-refractivity contribution in [3.05, 3.63) is 76.1 Å². The molecule has 0 spiro atoms. The monoisotopic (exact) mass is 334 g/mol. The standard InChI is InChI=1S/C18H14N4O3/c23-15-12(10-11-6-2-1-3-7-11)16(24)21-17(20-15)22-18-19-13-8-4-5-9-14(13)25-18/h1-9H,10H2,(H3,19,20,21,22,23,24). The number of aromatic amines is 1. The molecule has 4 aromatic rings. The highest BCUT2D eigenvalue weighted by Crippen LogP contribution is 2.21. The van der Waals surface area contributed by atoms with Gasteiger partial charge in [0.25, 0.3) is 5.56 Å². The largest absolute Gasteiger partial charge is 0.493 e. The predicted molar refractivity (Wildman–Crippen MR) is 93.1 cm³/mol. The molecule has 0 radical (unpaired) electrons. The summed E-state index contributed by atoms with van der Waals surface area (Å²) in [5.74, 6) is -0.267. The molecule has 0 bridgehead atoms. The fourth-order valence-electron chi connectivity index (χ4n) is 2.53. The van der Waals surface area contributed by atoms with E-state index in [-0.39, 0.29) is 29.8 Å². The van der Waals surface area contributed by atoms with Crippen molar-refractivity contribution >= 4 is 23.1 Å². The number of hydrogen-bond donors (Lipinski definition) is 3. The highest BCUT2D eigenvalue weighted by molar-refractivity contribution is 5.74. The summed E-state index contributed by atoms with van der Waals surface area (Å²) >= 11 is 0. The molecule has 2 aromatic carbocycles. The third-order valence-electron chi connectivity index (χ3n) is 3.74. The molecule has 0 amide bonds. The van der Waals surface area contributed by atoms with Crippen LogP contribution in [-0.2, 0) is 6.42 Å². The number of para-hydroxylation sites is 2. The molecule has 2 heterocycles. The minimum absolute atomic E-state index is 0.0610. The lowest BCUT2D eigenvalue weighted by molar-refractivity contribution is 0.445. The number of hydrogen-bond acceptors (Lipinski definition) is 6. The van der Waals surface area contributed by atoms with Crippen LogP contribution in [0.3, 0.4) is 0 Å². The molecule has 0 saturated heterocycles. The lowest BCUT2D eigenvalue weighted by Crippen LogP contribution is -2.16. The average molecular weight is 334 g/mol.